The first-order valence-corrected chi connectivity index (χ1v) is 5.30. The molecule has 1 aliphatic rings. The van der Waals surface area contributed by atoms with Gasteiger partial charge in [-0.3, -0.25) is 0 Å². The minimum atomic E-state index is -0.268. The molecule has 2 N–H and O–H groups in total. The van der Waals surface area contributed by atoms with Crippen LogP contribution < -0.4 is 5.73 Å². The van der Waals surface area contributed by atoms with Crippen molar-refractivity contribution < 1.29 is 8.94 Å². The maximum absolute atomic E-state index is 5.63. The van der Waals surface area contributed by atoms with Crippen LogP contribution in [0.3, 0.4) is 0 Å². The van der Waals surface area contributed by atoms with Gasteiger partial charge in [0, 0.05) is 12.0 Å². The van der Waals surface area contributed by atoms with E-state index in [2.05, 4.69) is 15.4 Å². The third kappa shape index (κ3) is 1.61. The van der Waals surface area contributed by atoms with Gasteiger partial charge in [-0.25, -0.2) is 0 Å². The zero-order valence-corrected chi connectivity index (χ0v) is 8.88. The number of nitrogens with zero attached hydrogens (tertiary/aromatic N) is 3. The summed E-state index contributed by atoms with van der Waals surface area (Å²) in [6.45, 7) is 1.79. The van der Waals surface area contributed by atoms with E-state index in [0.717, 1.165) is 5.76 Å². The van der Waals surface area contributed by atoms with Crippen LogP contribution in [0.1, 0.15) is 43.4 Å². The molecular formula is C10H12N4O2. The average Bonchev–Trinajstić information content (AvgIpc) is 2.83. The highest BCUT2D eigenvalue weighted by Crippen LogP contribution is 2.41. The highest BCUT2D eigenvalue weighted by atomic mass is 16.5. The molecule has 0 spiro atoms. The monoisotopic (exact) mass is 220 g/mol. The molecule has 16 heavy (non-hydrogen) atoms. The zero-order chi connectivity index (χ0) is 11.1. The summed E-state index contributed by atoms with van der Waals surface area (Å²) < 4.78 is 10.6. The molecule has 84 valence electrons. The lowest BCUT2D eigenvalue weighted by Crippen LogP contribution is -2.04. The van der Waals surface area contributed by atoms with Gasteiger partial charge in [-0.05, 0) is 19.8 Å². The number of hydrogen-bond acceptors (Lipinski definition) is 6. The standard InChI is InChI=1S/C10H12N4O2/c1-5(11)9-12-13-10(15-9)7-4-8(16-14-7)6-2-3-6/h4-6H,2-3,11H2,1H3. The first-order valence-electron chi connectivity index (χ1n) is 5.30. The van der Waals surface area contributed by atoms with Crippen molar-refractivity contribution in [2.24, 2.45) is 5.73 Å². The van der Waals surface area contributed by atoms with E-state index in [4.69, 9.17) is 14.7 Å². The third-order valence-corrected chi connectivity index (χ3v) is 2.56. The van der Waals surface area contributed by atoms with Crippen LogP contribution in [0.2, 0.25) is 0 Å². The van der Waals surface area contributed by atoms with Crippen LogP contribution >= 0.6 is 0 Å². The van der Waals surface area contributed by atoms with Crippen LogP contribution in [-0.4, -0.2) is 15.4 Å². The summed E-state index contributed by atoms with van der Waals surface area (Å²) in [5, 5.41) is 11.6. The number of hydrogen-bond donors (Lipinski definition) is 1. The summed E-state index contributed by atoms with van der Waals surface area (Å²) in [5.41, 5.74) is 6.21. The smallest absolute Gasteiger partial charge is 0.269 e. The van der Waals surface area contributed by atoms with Crippen LogP contribution in [0.4, 0.5) is 0 Å². The Balaban J connectivity index is 1.88. The van der Waals surface area contributed by atoms with E-state index in [-0.39, 0.29) is 6.04 Å². The fraction of sp³-hybridized carbons (Fsp3) is 0.500. The molecule has 2 aromatic heterocycles. The maximum atomic E-state index is 5.63. The van der Waals surface area contributed by atoms with Gasteiger partial charge in [0.1, 0.15) is 5.76 Å². The Morgan fingerprint density at radius 3 is 2.88 bits per heavy atom. The molecule has 1 unspecified atom stereocenters. The fourth-order valence-electron chi connectivity index (χ4n) is 1.47. The second kappa shape index (κ2) is 3.41. The molecular weight excluding hydrogens is 208 g/mol. The number of nitrogens with two attached hydrogens (primary N) is 1. The van der Waals surface area contributed by atoms with Gasteiger partial charge in [0.2, 0.25) is 5.89 Å². The number of rotatable bonds is 3. The molecule has 1 saturated carbocycles. The van der Waals surface area contributed by atoms with E-state index in [0.29, 0.717) is 23.4 Å². The molecule has 6 nitrogen and oxygen atoms in total. The van der Waals surface area contributed by atoms with Gasteiger partial charge in [-0.15, -0.1) is 10.2 Å². The molecule has 2 aromatic rings. The van der Waals surface area contributed by atoms with Crippen molar-refractivity contribution in [1.82, 2.24) is 15.4 Å². The van der Waals surface area contributed by atoms with Crippen LogP contribution in [0.15, 0.2) is 15.0 Å². The summed E-state index contributed by atoms with van der Waals surface area (Å²) in [5.74, 6) is 2.20. The normalized spacial score (nSPS) is 17.6. The third-order valence-electron chi connectivity index (χ3n) is 2.56. The van der Waals surface area contributed by atoms with Gasteiger partial charge < -0.3 is 14.7 Å². The van der Waals surface area contributed by atoms with E-state index < -0.39 is 0 Å². The first-order chi connectivity index (χ1) is 7.74. The van der Waals surface area contributed by atoms with Crippen molar-refractivity contribution in [3.63, 3.8) is 0 Å². The highest BCUT2D eigenvalue weighted by Gasteiger charge is 2.28. The predicted molar refractivity (Wildman–Crippen MR) is 54.4 cm³/mol. The van der Waals surface area contributed by atoms with Gasteiger partial charge in [-0.2, -0.15) is 0 Å². The van der Waals surface area contributed by atoms with E-state index in [1.807, 2.05) is 6.07 Å². The summed E-state index contributed by atoms with van der Waals surface area (Å²) >= 11 is 0. The van der Waals surface area contributed by atoms with Gasteiger partial charge >= 0.3 is 0 Å². The molecule has 1 fully saturated rings. The highest BCUT2D eigenvalue weighted by molar-refractivity contribution is 5.46. The molecule has 3 rings (SSSR count). The molecule has 6 heteroatoms. The Hall–Kier alpha value is -1.69. The van der Waals surface area contributed by atoms with E-state index in [9.17, 15) is 0 Å². The van der Waals surface area contributed by atoms with E-state index >= 15 is 0 Å². The molecule has 0 saturated heterocycles. The molecule has 0 radical (unpaired) electrons. The second-order valence-corrected chi connectivity index (χ2v) is 4.12. The second-order valence-electron chi connectivity index (χ2n) is 4.12. The van der Waals surface area contributed by atoms with Crippen molar-refractivity contribution >= 4 is 0 Å². The van der Waals surface area contributed by atoms with Crippen LogP contribution in [0.5, 0.6) is 0 Å². The van der Waals surface area contributed by atoms with Gasteiger partial charge in [0.15, 0.2) is 5.69 Å². The summed E-state index contributed by atoms with van der Waals surface area (Å²) in [6.07, 6.45) is 2.34. The van der Waals surface area contributed by atoms with Gasteiger partial charge in [0.05, 0.1) is 6.04 Å². The van der Waals surface area contributed by atoms with Crippen LogP contribution in [0, 0.1) is 0 Å². The Morgan fingerprint density at radius 2 is 2.25 bits per heavy atom. The summed E-state index contributed by atoms with van der Waals surface area (Å²) in [7, 11) is 0. The Morgan fingerprint density at radius 1 is 1.44 bits per heavy atom. The first kappa shape index (κ1) is 9.53. The molecule has 0 aromatic carbocycles. The van der Waals surface area contributed by atoms with E-state index in [1.54, 1.807) is 6.92 Å². The van der Waals surface area contributed by atoms with Crippen molar-refractivity contribution in [3.05, 3.63) is 17.7 Å². The lowest BCUT2D eigenvalue weighted by atomic mass is 10.3. The zero-order valence-electron chi connectivity index (χ0n) is 8.88. The topological polar surface area (TPSA) is 91.0 Å². The SMILES string of the molecule is CC(N)c1nnc(-c2cc(C3CC3)on2)o1. The lowest BCUT2D eigenvalue weighted by Gasteiger charge is -1.93. The predicted octanol–water partition coefficient (Wildman–Crippen LogP) is 1.62. The Kier molecular flexibility index (Phi) is 2.03. The van der Waals surface area contributed by atoms with Gasteiger partial charge in [-0.1, -0.05) is 5.16 Å². The molecule has 1 aliphatic carbocycles. The Labute approximate surface area is 91.8 Å². The lowest BCUT2D eigenvalue weighted by molar-refractivity contribution is 0.383. The average molecular weight is 220 g/mol. The van der Waals surface area contributed by atoms with Gasteiger partial charge in [0.25, 0.3) is 5.89 Å². The fourth-order valence-corrected chi connectivity index (χ4v) is 1.47. The molecule has 2 heterocycles. The van der Waals surface area contributed by atoms with Crippen molar-refractivity contribution in [3.8, 4) is 11.6 Å². The Bertz CT molecular complexity index is 460. The molecule has 0 amide bonds. The van der Waals surface area contributed by atoms with Crippen molar-refractivity contribution in [2.75, 3.05) is 0 Å². The van der Waals surface area contributed by atoms with E-state index in [1.165, 1.54) is 12.8 Å². The molecule has 1 atom stereocenters. The maximum Gasteiger partial charge on any atom is 0.269 e. The molecule has 0 aliphatic heterocycles. The molecule has 0 bridgehead atoms. The number of aromatic nitrogens is 3. The summed E-state index contributed by atoms with van der Waals surface area (Å²) in [6, 6.07) is 1.59. The van der Waals surface area contributed by atoms with Crippen LogP contribution in [0.25, 0.3) is 11.6 Å². The largest absolute Gasteiger partial charge is 0.417 e. The van der Waals surface area contributed by atoms with Crippen LogP contribution in [-0.2, 0) is 0 Å². The minimum Gasteiger partial charge on any atom is -0.417 e. The van der Waals surface area contributed by atoms with Crippen molar-refractivity contribution in [1.29, 1.82) is 0 Å². The summed E-state index contributed by atoms with van der Waals surface area (Å²) in [4.78, 5) is 0. The van der Waals surface area contributed by atoms with Crippen molar-refractivity contribution in [2.45, 2.75) is 31.7 Å². The quantitative estimate of drug-likeness (QED) is 0.845. The minimum absolute atomic E-state index is 0.268.